The summed E-state index contributed by atoms with van der Waals surface area (Å²) in [6.45, 7) is 2.41. The van der Waals surface area contributed by atoms with Crippen LogP contribution in [0.4, 0.5) is 0 Å². The molecule has 0 saturated carbocycles. The highest BCUT2D eigenvalue weighted by atomic mass is 16.1. The van der Waals surface area contributed by atoms with E-state index in [1.54, 1.807) is 48.3 Å². The van der Waals surface area contributed by atoms with Gasteiger partial charge in [-0.2, -0.15) is 0 Å². The van der Waals surface area contributed by atoms with E-state index in [4.69, 9.17) is 0 Å². The van der Waals surface area contributed by atoms with Crippen molar-refractivity contribution in [3.05, 3.63) is 100 Å². The number of carbonyl (C=O) groups excluding carboxylic acids is 1. The zero-order chi connectivity index (χ0) is 20.2. The maximum atomic E-state index is 13.0. The molecule has 144 valence electrons. The highest BCUT2D eigenvalue weighted by molar-refractivity contribution is 5.98. The van der Waals surface area contributed by atoms with Crippen LogP contribution in [-0.2, 0) is 13.1 Å². The summed E-state index contributed by atoms with van der Waals surface area (Å²) in [7, 11) is 0. The average Bonchev–Trinajstić information content (AvgIpc) is 2.75. The van der Waals surface area contributed by atoms with Crippen LogP contribution in [-0.4, -0.2) is 25.4 Å². The maximum Gasteiger partial charge on any atom is 0.260 e. The Morgan fingerprint density at radius 2 is 1.83 bits per heavy atom. The summed E-state index contributed by atoms with van der Waals surface area (Å²) in [4.78, 5) is 38.3. The van der Waals surface area contributed by atoms with Gasteiger partial charge in [0.05, 0.1) is 35.2 Å². The summed E-state index contributed by atoms with van der Waals surface area (Å²) in [5.41, 5.74) is 2.33. The molecule has 7 heteroatoms. The molecule has 3 heterocycles. The molecule has 7 nitrogen and oxygen atoms in total. The number of nitrogens with zero attached hydrogens (tertiary/aromatic N) is 4. The lowest BCUT2D eigenvalue weighted by Gasteiger charge is -2.10. The Morgan fingerprint density at radius 1 is 1.07 bits per heavy atom. The molecule has 0 bridgehead atoms. The Balaban J connectivity index is 1.64. The number of hydrogen-bond donors (Lipinski definition) is 1. The number of nitrogens with one attached hydrogen (secondary N) is 1. The average molecular weight is 385 g/mol. The number of fused-ring (bicyclic) bond motifs is 1. The van der Waals surface area contributed by atoms with E-state index in [-0.39, 0.29) is 18.0 Å². The first kappa shape index (κ1) is 18.5. The van der Waals surface area contributed by atoms with Crippen molar-refractivity contribution in [2.24, 2.45) is 0 Å². The largest absolute Gasteiger partial charge is 0.345 e. The Hall–Kier alpha value is -3.87. The van der Waals surface area contributed by atoms with Crippen LogP contribution < -0.4 is 10.9 Å². The third-order valence-corrected chi connectivity index (χ3v) is 4.61. The second-order valence-electron chi connectivity index (χ2n) is 6.64. The quantitative estimate of drug-likeness (QED) is 0.570. The van der Waals surface area contributed by atoms with Gasteiger partial charge in [-0.05, 0) is 30.7 Å². The van der Waals surface area contributed by atoms with Gasteiger partial charge in [0, 0.05) is 18.6 Å². The zero-order valence-electron chi connectivity index (χ0n) is 15.9. The molecule has 0 fully saturated rings. The fraction of sp³-hybridized carbons (Fsp3) is 0.136. The van der Waals surface area contributed by atoms with Crippen LogP contribution in [0.5, 0.6) is 0 Å². The SMILES string of the molecule is Cc1nc2ccn(Cc3ccccc3)c(=O)c2cc1C(=O)NCc1ncccn1. The highest BCUT2D eigenvalue weighted by Crippen LogP contribution is 2.14. The number of hydrogen-bond acceptors (Lipinski definition) is 5. The smallest absolute Gasteiger partial charge is 0.260 e. The standard InChI is InChI=1S/C22H19N5O2/c1-15-17(21(28)25-13-20-23-9-5-10-24-20)12-18-19(26-15)8-11-27(22(18)29)14-16-6-3-2-4-7-16/h2-12H,13-14H2,1H3,(H,25,28). The molecule has 0 saturated heterocycles. The van der Waals surface area contributed by atoms with Crippen LogP contribution in [0, 0.1) is 6.92 Å². The van der Waals surface area contributed by atoms with Crippen molar-refractivity contribution >= 4 is 16.8 Å². The number of carbonyl (C=O) groups is 1. The Bertz CT molecular complexity index is 1220. The summed E-state index contributed by atoms with van der Waals surface area (Å²) in [5, 5.41) is 3.19. The van der Waals surface area contributed by atoms with E-state index >= 15 is 0 Å². The van der Waals surface area contributed by atoms with Gasteiger partial charge in [0.15, 0.2) is 0 Å². The molecule has 29 heavy (non-hydrogen) atoms. The van der Waals surface area contributed by atoms with E-state index in [2.05, 4.69) is 20.3 Å². The predicted molar refractivity (Wildman–Crippen MR) is 109 cm³/mol. The number of rotatable bonds is 5. The minimum atomic E-state index is -0.317. The highest BCUT2D eigenvalue weighted by Gasteiger charge is 2.14. The van der Waals surface area contributed by atoms with Gasteiger partial charge in [0.2, 0.25) is 0 Å². The van der Waals surface area contributed by atoms with Crippen molar-refractivity contribution in [1.29, 1.82) is 0 Å². The van der Waals surface area contributed by atoms with Crippen molar-refractivity contribution in [3.63, 3.8) is 0 Å². The van der Waals surface area contributed by atoms with Gasteiger partial charge in [-0.3, -0.25) is 14.6 Å². The number of pyridine rings is 2. The number of amides is 1. The van der Waals surface area contributed by atoms with E-state index in [1.165, 1.54) is 0 Å². The first-order chi connectivity index (χ1) is 14.1. The number of aromatic nitrogens is 4. The molecule has 0 radical (unpaired) electrons. The molecule has 4 rings (SSSR count). The van der Waals surface area contributed by atoms with Crippen molar-refractivity contribution < 1.29 is 4.79 Å². The summed E-state index contributed by atoms with van der Waals surface area (Å²) in [6, 6.07) is 14.9. The van der Waals surface area contributed by atoms with Crippen LogP contribution >= 0.6 is 0 Å². The summed E-state index contributed by atoms with van der Waals surface area (Å²) in [6.07, 6.45) is 4.97. The van der Waals surface area contributed by atoms with Crippen LogP contribution in [0.25, 0.3) is 10.9 Å². The van der Waals surface area contributed by atoms with Gasteiger partial charge < -0.3 is 9.88 Å². The first-order valence-corrected chi connectivity index (χ1v) is 9.20. The lowest BCUT2D eigenvalue weighted by molar-refractivity contribution is 0.0949. The molecule has 3 aromatic heterocycles. The third-order valence-electron chi connectivity index (χ3n) is 4.61. The zero-order valence-corrected chi connectivity index (χ0v) is 15.9. The van der Waals surface area contributed by atoms with E-state index < -0.39 is 0 Å². The van der Waals surface area contributed by atoms with Crippen LogP contribution in [0.1, 0.15) is 27.4 Å². The predicted octanol–water partition coefficient (Wildman–Crippen LogP) is 2.47. The minimum Gasteiger partial charge on any atom is -0.345 e. The maximum absolute atomic E-state index is 13.0. The molecule has 0 aliphatic heterocycles. The Kier molecular flexibility index (Phi) is 5.11. The topological polar surface area (TPSA) is 89.8 Å². The molecule has 0 atom stereocenters. The summed E-state index contributed by atoms with van der Waals surface area (Å²) < 4.78 is 1.62. The van der Waals surface area contributed by atoms with Crippen LogP contribution in [0.3, 0.4) is 0 Å². The van der Waals surface area contributed by atoms with Crippen molar-refractivity contribution in [3.8, 4) is 0 Å². The van der Waals surface area contributed by atoms with E-state index in [1.807, 2.05) is 30.3 Å². The molecule has 0 aliphatic carbocycles. The summed E-state index contributed by atoms with van der Waals surface area (Å²) >= 11 is 0. The van der Waals surface area contributed by atoms with Gasteiger partial charge >= 0.3 is 0 Å². The molecular formula is C22H19N5O2. The van der Waals surface area contributed by atoms with Crippen molar-refractivity contribution in [2.45, 2.75) is 20.0 Å². The molecule has 4 aromatic rings. The molecule has 0 unspecified atom stereocenters. The van der Waals surface area contributed by atoms with E-state index in [0.717, 1.165) is 5.56 Å². The van der Waals surface area contributed by atoms with Crippen molar-refractivity contribution in [1.82, 2.24) is 24.8 Å². The second-order valence-corrected chi connectivity index (χ2v) is 6.64. The monoisotopic (exact) mass is 385 g/mol. The molecular weight excluding hydrogens is 366 g/mol. The normalized spacial score (nSPS) is 10.8. The Morgan fingerprint density at radius 3 is 2.59 bits per heavy atom. The fourth-order valence-electron chi connectivity index (χ4n) is 3.12. The second kappa shape index (κ2) is 8.02. The minimum absolute atomic E-state index is 0.181. The van der Waals surface area contributed by atoms with Gasteiger partial charge in [0.25, 0.3) is 11.5 Å². The molecule has 1 amide bonds. The fourth-order valence-corrected chi connectivity index (χ4v) is 3.12. The van der Waals surface area contributed by atoms with Crippen LogP contribution in [0.2, 0.25) is 0 Å². The Labute approximate surface area is 167 Å². The lowest BCUT2D eigenvalue weighted by atomic mass is 10.1. The van der Waals surface area contributed by atoms with Gasteiger partial charge in [-0.25, -0.2) is 9.97 Å². The van der Waals surface area contributed by atoms with E-state index in [9.17, 15) is 9.59 Å². The number of benzene rings is 1. The van der Waals surface area contributed by atoms with Crippen LogP contribution in [0.15, 0.2) is 71.9 Å². The van der Waals surface area contributed by atoms with Gasteiger partial charge in [-0.15, -0.1) is 0 Å². The first-order valence-electron chi connectivity index (χ1n) is 9.20. The van der Waals surface area contributed by atoms with Gasteiger partial charge in [-0.1, -0.05) is 30.3 Å². The molecule has 1 N–H and O–H groups in total. The molecule has 0 aliphatic rings. The lowest BCUT2D eigenvalue weighted by Crippen LogP contribution is -2.26. The summed E-state index contributed by atoms with van der Waals surface area (Å²) in [5.74, 6) is 0.194. The van der Waals surface area contributed by atoms with E-state index in [0.29, 0.717) is 34.5 Å². The molecule has 0 spiro atoms. The third kappa shape index (κ3) is 4.03. The van der Waals surface area contributed by atoms with Crippen molar-refractivity contribution in [2.75, 3.05) is 0 Å². The number of aryl methyl sites for hydroxylation is 1. The van der Waals surface area contributed by atoms with Gasteiger partial charge in [0.1, 0.15) is 5.82 Å². The molecule has 1 aromatic carbocycles.